The Labute approximate surface area is 146 Å². The van der Waals surface area contributed by atoms with Crippen LogP contribution in [0, 0.1) is 0 Å². The first kappa shape index (κ1) is 18.1. The fraction of sp³-hybridized carbons (Fsp3) is 0.222. The van der Waals surface area contributed by atoms with Gasteiger partial charge in [-0.3, -0.25) is 4.79 Å². The predicted octanol–water partition coefficient (Wildman–Crippen LogP) is 2.36. The smallest absolute Gasteiger partial charge is 0.259 e. The van der Waals surface area contributed by atoms with Crippen molar-refractivity contribution in [3.05, 3.63) is 48.0 Å². The summed E-state index contributed by atoms with van der Waals surface area (Å²) in [4.78, 5) is 11.8. The van der Waals surface area contributed by atoms with E-state index in [2.05, 4.69) is 15.8 Å². The van der Waals surface area contributed by atoms with Crippen molar-refractivity contribution in [1.82, 2.24) is 5.43 Å². The Morgan fingerprint density at radius 1 is 1.20 bits per heavy atom. The van der Waals surface area contributed by atoms with Gasteiger partial charge in [-0.05, 0) is 49.4 Å². The molecule has 0 aliphatic carbocycles. The van der Waals surface area contributed by atoms with Crippen molar-refractivity contribution in [2.45, 2.75) is 6.92 Å². The van der Waals surface area contributed by atoms with Gasteiger partial charge in [0.1, 0.15) is 17.2 Å². The largest absolute Gasteiger partial charge is 0.507 e. The first-order valence-corrected chi connectivity index (χ1v) is 7.78. The molecule has 3 N–H and O–H groups in total. The monoisotopic (exact) mass is 343 g/mol. The van der Waals surface area contributed by atoms with Gasteiger partial charge in [0.25, 0.3) is 5.91 Å². The van der Waals surface area contributed by atoms with Crippen LogP contribution in [0.15, 0.2) is 47.6 Å². The summed E-state index contributed by atoms with van der Waals surface area (Å²) in [5, 5.41) is 16.5. The molecular formula is C18H21N3O4. The molecule has 2 aromatic rings. The average Bonchev–Trinajstić information content (AvgIpc) is 2.63. The van der Waals surface area contributed by atoms with E-state index in [1.807, 2.05) is 31.2 Å². The number of anilines is 1. The highest BCUT2D eigenvalue weighted by Crippen LogP contribution is 2.21. The molecule has 0 aliphatic heterocycles. The van der Waals surface area contributed by atoms with E-state index in [-0.39, 0.29) is 18.2 Å². The van der Waals surface area contributed by atoms with Crippen LogP contribution in [0.25, 0.3) is 0 Å². The molecule has 0 spiro atoms. The number of hydrogen-bond acceptors (Lipinski definition) is 6. The molecule has 0 fully saturated rings. The second-order valence-corrected chi connectivity index (χ2v) is 5.03. The lowest BCUT2D eigenvalue weighted by Crippen LogP contribution is -2.25. The van der Waals surface area contributed by atoms with Gasteiger partial charge < -0.3 is 19.9 Å². The third-order valence-corrected chi connectivity index (χ3v) is 3.25. The number of aromatic hydroxyl groups is 1. The van der Waals surface area contributed by atoms with Crippen LogP contribution < -0.4 is 20.2 Å². The van der Waals surface area contributed by atoms with Gasteiger partial charge in [0.2, 0.25) is 0 Å². The van der Waals surface area contributed by atoms with Crippen LogP contribution in [0.5, 0.6) is 17.2 Å². The Bertz CT molecular complexity index is 730. The van der Waals surface area contributed by atoms with Gasteiger partial charge in [-0.2, -0.15) is 5.10 Å². The van der Waals surface area contributed by atoms with Crippen LogP contribution in [-0.4, -0.2) is 37.5 Å². The predicted molar refractivity (Wildman–Crippen MR) is 96.5 cm³/mol. The van der Waals surface area contributed by atoms with Crippen LogP contribution in [0.4, 0.5) is 5.69 Å². The molecule has 0 heterocycles. The summed E-state index contributed by atoms with van der Waals surface area (Å²) in [7, 11) is 1.53. The molecule has 1 amide bonds. The zero-order valence-corrected chi connectivity index (χ0v) is 14.2. The van der Waals surface area contributed by atoms with E-state index >= 15 is 0 Å². The second kappa shape index (κ2) is 9.17. The van der Waals surface area contributed by atoms with Gasteiger partial charge in [-0.25, -0.2) is 5.43 Å². The number of carbonyl (C=O) groups excluding carboxylic acids is 1. The maximum absolute atomic E-state index is 11.8. The van der Waals surface area contributed by atoms with Gasteiger partial charge in [0.15, 0.2) is 0 Å². The summed E-state index contributed by atoms with van der Waals surface area (Å²) in [6, 6.07) is 12.1. The molecule has 0 aliphatic rings. The van der Waals surface area contributed by atoms with Crippen molar-refractivity contribution in [2.75, 3.05) is 25.6 Å². The number of methoxy groups -OCH3 is 1. The van der Waals surface area contributed by atoms with Crippen LogP contribution in [0.1, 0.15) is 12.5 Å². The summed E-state index contributed by atoms with van der Waals surface area (Å²) in [5.41, 5.74) is 3.63. The lowest BCUT2D eigenvalue weighted by molar-refractivity contribution is -0.119. The number of nitrogens with zero attached hydrogens (tertiary/aromatic N) is 1. The lowest BCUT2D eigenvalue weighted by Gasteiger charge is -2.07. The molecule has 7 heteroatoms. The number of phenolic OH excluding ortho intramolecular Hbond substituents is 1. The van der Waals surface area contributed by atoms with E-state index in [9.17, 15) is 9.90 Å². The maximum atomic E-state index is 11.8. The van der Waals surface area contributed by atoms with Gasteiger partial charge >= 0.3 is 0 Å². The molecule has 7 nitrogen and oxygen atoms in total. The van der Waals surface area contributed by atoms with E-state index in [0.717, 1.165) is 11.4 Å². The van der Waals surface area contributed by atoms with Crippen LogP contribution in [0.2, 0.25) is 0 Å². The number of carbonyl (C=O) groups is 1. The summed E-state index contributed by atoms with van der Waals surface area (Å²) >= 11 is 0. The number of amides is 1. The summed E-state index contributed by atoms with van der Waals surface area (Å²) in [5.74, 6) is 1.10. The number of hydrogen-bond donors (Lipinski definition) is 3. The third-order valence-electron chi connectivity index (χ3n) is 3.25. The van der Waals surface area contributed by atoms with Gasteiger partial charge in [-0.15, -0.1) is 0 Å². The van der Waals surface area contributed by atoms with Crippen molar-refractivity contribution in [1.29, 1.82) is 0 Å². The van der Waals surface area contributed by atoms with Crippen molar-refractivity contribution in [3.8, 4) is 17.2 Å². The minimum atomic E-state index is -0.312. The molecule has 132 valence electrons. The standard InChI is InChI=1S/C18H21N3O4/c1-3-25-15-6-4-14(5-7-15)19-12-18(23)21-20-11-13-10-16(24-2)8-9-17(13)22/h4-11,19,22H,3,12H2,1-2H3,(H,21,23). The van der Waals surface area contributed by atoms with Crippen LogP contribution >= 0.6 is 0 Å². The number of phenols is 1. The first-order valence-electron chi connectivity index (χ1n) is 7.78. The van der Waals surface area contributed by atoms with E-state index in [1.165, 1.54) is 19.4 Å². The van der Waals surface area contributed by atoms with E-state index < -0.39 is 0 Å². The van der Waals surface area contributed by atoms with Crippen molar-refractivity contribution < 1.29 is 19.4 Å². The molecule has 2 aromatic carbocycles. The van der Waals surface area contributed by atoms with Gasteiger partial charge in [-0.1, -0.05) is 0 Å². The Morgan fingerprint density at radius 2 is 1.92 bits per heavy atom. The van der Waals surface area contributed by atoms with Crippen molar-refractivity contribution >= 4 is 17.8 Å². The highest BCUT2D eigenvalue weighted by molar-refractivity contribution is 5.86. The molecule has 0 radical (unpaired) electrons. The van der Waals surface area contributed by atoms with Crippen LogP contribution in [0.3, 0.4) is 0 Å². The SMILES string of the molecule is CCOc1ccc(NCC(=O)NN=Cc2cc(OC)ccc2O)cc1. The van der Waals surface area contributed by atoms with Gasteiger partial charge in [0.05, 0.1) is 26.5 Å². The van der Waals surface area contributed by atoms with Crippen molar-refractivity contribution in [3.63, 3.8) is 0 Å². The molecule has 0 saturated heterocycles. The number of nitrogens with one attached hydrogen (secondary N) is 2. The summed E-state index contributed by atoms with van der Waals surface area (Å²) in [6.07, 6.45) is 1.35. The fourth-order valence-corrected chi connectivity index (χ4v) is 1.99. The minimum Gasteiger partial charge on any atom is -0.507 e. The Hall–Kier alpha value is -3.22. The zero-order chi connectivity index (χ0) is 18.1. The molecule has 0 bridgehead atoms. The normalized spacial score (nSPS) is 10.5. The molecule has 0 unspecified atom stereocenters. The quantitative estimate of drug-likeness (QED) is 0.505. The van der Waals surface area contributed by atoms with E-state index in [1.54, 1.807) is 12.1 Å². The fourth-order valence-electron chi connectivity index (χ4n) is 1.99. The molecule has 0 aromatic heterocycles. The van der Waals surface area contributed by atoms with E-state index in [0.29, 0.717) is 17.9 Å². The number of ether oxygens (including phenoxy) is 2. The third kappa shape index (κ3) is 5.72. The highest BCUT2D eigenvalue weighted by Gasteiger charge is 2.02. The first-order chi connectivity index (χ1) is 12.1. The molecule has 0 atom stereocenters. The highest BCUT2D eigenvalue weighted by atomic mass is 16.5. The average molecular weight is 343 g/mol. The summed E-state index contributed by atoms with van der Waals surface area (Å²) < 4.78 is 10.4. The Balaban J connectivity index is 1.82. The maximum Gasteiger partial charge on any atom is 0.259 e. The second-order valence-electron chi connectivity index (χ2n) is 5.03. The molecule has 25 heavy (non-hydrogen) atoms. The minimum absolute atomic E-state index is 0.0475. The molecule has 0 saturated carbocycles. The Morgan fingerprint density at radius 3 is 2.60 bits per heavy atom. The van der Waals surface area contributed by atoms with E-state index in [4.69, 9.17) is 9.47 Å². The number of benzene rings is 2. The van der Waals surface area contributed by atoms with Crippen LogP contribution in [-0.2, 0) is 4.79 Å². The topological polar surface area (TPSA) is 92.2 Å². The van der Waals surface area contributed by atoms with Crippen molar-refractivity contribution in [2.24, 2.45) is 5.10 Å². The molecule has 2 rings (SSSR count). The molecular weight excluding hydrogens is 322 g/mol. The number of rotatable bonds is 8. The Kier molecular flexibility index (Phi) is 6.65. The van der Waals surface area contributed by atoms with Gasteiger partial charge in [0, 0.05) is 11.3 Å². The lowest BCUT2D eigenvalue weighted by atomic mass is 10.2. The summed E-state index contributed by atoms with van der Waals surface area (Å²) in [6.45, 7) is 2.59. The number of hydrazone groups is 1. The zero-order valence-electron chi connectivity index (χ0n) is 14.2.